The van der Waals surface area contributed by atoms with E-state index in [-0.39, 0.29) is 11.5 Å². The molecule has 0 radical (unpaired) electrons. The number of aryl methyl sites for hydroxylation is 3. The Kier molecular flexibility index (Phi) is 5.06. The Morgan fingerprint density at radius 3 is 2.68 bits per heavy atom. The van der Waals surface area contributed by atoms with Gasteiger partial charge < -0.3 is 9.47 Å². The van der Waals surface area contributed by atoms with E-state index in [2.05, 4.69) is 17.1 Å². The van der Waals surface area contributed by atoms with Crippen LogP contribution in [0.15, 0.2) is 65.7 Å². The number of benzene rings is 1. The van der Waals surface area contributed by atoms with Gasteiger partial charge in [0.25, 0.3) is 11.5 Å². The number of hydrogen-bond acceptors (Lipinski definition) is 3. The van der Waals surface area contributed by atoms with Crippen molar-refractivity contribution in [1.29, 1.82) is 0 Å². The smallest absolute Gasteiger partial charge is 0.255 e. The lowest BCUT2D eigenvalue weighted by Gasteiger charge is -2.29. The number of fused-ring (bicyclic) bond motifs is 1. The van der Waals surface area contributed by atoms with Gasteiger partial charge in [-0.25, -0.2) is 0 Å². The fourth-order valence-corrected chi connectivity index (χ4v) is 3.59. The van der Waals surface area contributed by atoms with E-state index >= 15 is 0 Å². The molecule has 0 saturated heterocycles. The number of pyridine rings is 2. The fourth-order valence-electron chi connectivity index (χ4n) is 3.59. The largest absolute Gasteiger partial charge is 0.334 e. The van der Waals surface area contributed by atoms with Crippen molar-refractivity contribution >= 4 is 5.91 Å². The maximum absolute atomic E-state index is 12.8. The van der Waals surface area contributed by atoms with Gasteiger partial charge in [0.2, 0.25) is 0 Å². The van der Waals surface area contributed by atoms with Crippen molar-refractivity contribution in [3.8, 4) is 0 Å². The Labute approximate surface area is 164 Å². The summed E-state index contributed by atoms with van der Waals surface area (Å²) < 4.78 is 1.76. The molecule has 4 rings (SSSR count). The summed E-state index contributed by atoms with van der Waals surface area (Å²) in [5.41, 5.74) is 4.82. The summed E-state index contributed by atoms with van der Waals surface area (Å²) in [5, 5.41) is 0. The number of carbonyl (C=O) groups excluding carboxylic acids is 1. The fraction of sp³-hybridized carbons (Fsp3) is 0.261. The minimum atomic E-state index is -0.0137. The summed E-state index contributed by atoms with van der Waals surface area (Å²) in [7, 11) is 0. The highest BCUT2D eigenvalue weighted by atomic mass is 16.2. The van der Waals surface area contributed by atoms with Crippen molar-refractivity contribution in [2.75, 3.05) is 6.54 Å². The zero-order valence-corrected chi connectivity index (χ0v) is 16.0. The molecule has 0 saturated carbocycles. The molecule has 5 nitrogen and oxygen atoms in total. The molecule has 1 aliphatic rings. The summed E-state index contributed by atoms with van der Waals surface area (Å²) >= 11 is 0. The summed E-state index contributed by atoms with van der Waals surface area (Å²) in [6, 6.07) is 15.5. The highest BCUT2D eigenvalue weighted by Crippen LogP contribution is 2.19. The number of rotatable bonds is 4. The van der Waals surface area contributed by atoms with Crippen LogP contribution in [0.4, 0.5) is 0 Å². The second-order valence-electron chi connectivity index (χ2n) is 7.26. The number of nitrogens with zero attached hydrogens (tertiary/aromatic N) is 3. The van der Waals surface area contributed by atoms with E-state index in [1.807, 2.05) is 48.4 Å². The van der Waals surface area contributed by atoms with E-state index in [1.165, 1.54) is 5.56 Å². The van der Waals surface area contributed by atoms with E-state index in [1.54, 1.807) is 16.8 Å². The van der Waals surface area contributed by atoms with Gasteiger partial charge >= 0.3 is 0 Å². The Morgan fingerprint density at radius 2 is 1.93 bits per heavy atom. The van der Waals surface area contributed by atoms with Crippen molar-refractivity contribution in [2.45, 2.75) is 32.9 Å². The van der Waals surface area contributed by atoms with Crippen LogP contribution in [-0.4, -0.2) is 26.9 Å². The molecule has 1 aromatic carbocycles. The highest BCUT2D eigenvalue weighted by molar-refractivity contribution is 5.94. The molecule has 2 aromatic heterocycles. The van der Waals surface area contributed by atoms with Crippen molar-refractivity contribution in [3.05, 3.63) is 99.2 Å². The van der Waals surface area contributed by atoms with Crippen LogP contribution in [0.2, 0.25) is 0 Å². The van der Waals surface area contributed by atoms with Gasteiger partial charge in [-0.05, 0) is 48.6 Å². The molecule has 0 bridgehead atoms. The maximum atomic E-state index is 12.8. The summed E-state index contributed by atoms with van der Waals surface area (Å²) in [4.78, 5) is 31.3. The van der Waals surface area contributed by atoms with Gasteiger partial charge in [0, 0.05) is 43.8 Å². The van der Waals surface area contributed by atoms with E-state index < -0.39 is 0 Å². The van der Waals surface area contributed by atoms with Crippen molar-refractivity contribution in [3.63, 3.8) is 0 Å². The third-order valence-electron chi connectivity index (χ3n) is 5.25. The van der Waals surface area contributed by atoms with Crippen molar-refractivity contribution in [1.82, 2.24) is 14.5 Å². The molecule has 0 fully saturated rings. The van der Waals surface area contributed by atoms with Crippen molar-refractivity contribution in [2.24, 2.45) is 0 Å². The lowest BCUT2D eigenvalue weighted by Crippen LogP contribution is -2.37. The highest BCUT2D eigenvalue weighted by Gasteiger charge is 2.23. The molecule has 142 valence electrons. The normalized spacial score (nSPS) is 13.2. The van der Waals surface area contributed by atoms with E-state index in [0.29, 0.717) is 31.6 Å². The van der Waals surface area contributed by atoms with Gasteiger partial charge in [-0.15, -0.1) is 0 Å². The predicted octanol–water partition coefficient (Wildman–Crippen LogP) is 2.99. The lowest BCUT2D eigenvalue weighted by molar-refractivity contribution is 0.0733. The van der Waals surface area contributed by atoms with Gasteiger partial charge in [0.1, 0.15) is 0 Å². The zero-order chi connectivity index (χ0) is 19.5. The Balaban J connectivity index is 1.51. The van der Waals surface area contributed by atoms with E-state index in [9.17, 15) is 9.59 Å². The minimum absolute atomic E-state index is 0.0137. The molecule has 5 heteroatoms. The Morgan fingerprint density at radius 1 is 1.11 bits per heavy atom. The summed E-state index contributed by atoms with van der Waals surface area (Å²) in [6.45, 7) is 3.67. The van der Waals surface area contributed by atoms with Crippen LogP contribution in [0.1, 0.15) is 32.7 Å². The molecule has 1 aliphatic heterocycles. The van der Waals surface area contributed by atoms with Crippen LogP contribution in [0.5, 0.6) is 0 Å². The van der Waals surface area contributed by atoms with Gasteiger partial charge in [-0.3, -0.25) is 14.6 Å². The van der Waals surface area contributed by atoms with Crippen LogP contribution < -0.4 is 5.56 Å². The van der Waals surface area contributed by atoms with Crippen LogP contribution in [-0.2, 0) is 25.9 Å². The molecule has 0 N–H and O–H groups in total. The van der Waals surface area contributed by atoms with E-state index in [0.717, 1.165) is 23.2 Å². The number of carbonyl (C=O) groups is 1. The average molecular weight is 373 g/mol. The molecule has 0 atom stereocenters. The Hall–Kier alpha value is -3.21. The molecule has 1 amide bonds. The molecule has 0 spiro atoms. The lowest BCUT2D eigenvalue weighted by atomic mass is 10.0. The zero-order valence-electron chi connectivity index (χ0n) is 16.0. The average Bonchev–Trinajstić information content (AvgIpc) is 2.73. The van der Waals surface area contributed by atoms with Crippen LogP contribution in [0.25, 0.3) is 0 Å². The van der Waals surface area contributed by atoms with Crippen LogP contribution in [0.3, 0.4) is 0 Å². The third-order valence-corrected chi connectivity index (χ3v) is 5.25. The standard InChI is InChI=1S/C23H23N3O2/c1-17-7-8-20(14-24-17)23(28)26-12-10-19-13-22(27)25(15-21(19)16-26)11-9-18-5-3-2-4-6-18/h2-8,13-15H,9-12,16H2,1H3. The third kappa shape index (κ3) is 3.88. The quantitative estimate of drug-likeness (QED) is 0.706. The topological polar surface area (TPSA) is 55.2 Å². The van der Waals surface area contributed by atoms with Gasteiger partial charge in [-0.2, -0.15) is 0 Å². The van der Waals surface area contributed by atoms with Gasteiger partial charge in [0.05, 0.1) is 5.56 Å². The van der Waals surface area contributed by atoms with Gasteiger partial charge in [-0.1, -0.05) is 30.3 Å². The first kappa shape index (κ1) is 18.2. The second-order valence-corrected chi connectivity index (χ2v) is 7.26. The maximum Gasteiger partial charge on any atom is 0.255 e. The monoisotopic (exact) mass is 373 g/mol. The predicted molar refractivity (Wildman–Crippen MR) is 108 cm³/mol. The van der Waals surface area contributed by atoms with Gasteiger partial charge in [0.15, 0.2) is 0 Å². The summed E-state index contributed by atoms with van der Waals surface area (Å²) in [5.74, 6) is -0.0137. The summed E-state index contributed by atoms with van der Waals surface area (Å²) in [6.07, 6.45) is 5.06. The molecule has 0 unspecified atom stereocenters. The SMILES string of the molecule is Cc1ccc(C(=O)N2CCc3cc(=O)n(CCc4ccccc4)cc3C2)cn1. The minimum Gasteiger partial charge on any atom is -0.334 e. The molecule has 0 aliphatic carbocycles. The molecule has 28 heavy (non-hydrogen) atoms. The van der Waals surface area contributed by atoms with E-state index in [4.69, 9.17) is 0 Å². The van der Waals surface area contributed by atoms with Crippen LogP contribution in [0, 0.1) is 6.92 Å². The molecule has 3 heterocycles. The van der Waals surface area contributed by atoms with Crippen molar-refractivity contribution < 1.29 is 4.79 Å². The first-order chi connectivity index (χ1) is 13.6. The number of aromatic nitrogens is 2. The molecule has 3 aromatic rings. The molecular weight excluding hydrogens is 350 g/mol. The molecular formula is C23H23N3O2. The first-order valence-electron chi connectivity index (χ1n) is 9.58. The van der Waals surface area contributed by atoms with Crippen LogP contribution >= 0.6 is 0 Å². The number of amides is 1. The number of hydrogen-bond donors (Lipinski definition) is 0. The second kappa shape index (κ2) is 7.80. The Bertz CT molecular complexity index is 1040. The first-order valence-corrected chi connectivity index (χ1v) is 9.58.